The Labute approximate surface area is 101 Å². The normalized spacial score (nSPS) is 16.8. The van der Waals surface area contributed by atoms with Crippen LogP contribution in [0.25, 0.3) is 0 Å². The van der Waals surface area contributed by atoms with Crippen molar-refractivity contribution in [3.8, 4) is 0 Å². The quantitative estimate of drug-likeness (QED) is 0.841. The summed E-state index contributed by atoms with van der Waals surface area (Å²) in [5, 5.41) is 0. The van der Waals surface area contributed by atoms with Gasteiger partial charge in [0.15, 0.2) is 11.5 Å². The van der Waals surface area contributed by atoms with Gasteiger partial charge in [-0.3, -0.25) is 4.79 Å². The zero-order valence-electron chi connectivity index (χ0n) is 10.1. The van der Waals surface area contributed by atoms with E-state index in [0.717, 1.165) is 12.8 Å². The Morgan fingerprint density at radius 1 is 1.29 bits per heavy atom. The van der Waals surface area contributed by atoms with Crippen LogP contribution < -0.4 is 5.73 Å². The molecule has 5 heteroatoms. The van der Waals surface area contributed by atoms with Crippen LogP contribution >= 0.6 is 0 Å². The summed E-state index contributed by atoms with van der Waals surface area (Å²) in [6, 6.07) is 0.317. The number of rotatable bonds is 2. The first-order valence-electron chi connectivity index (χ1n) is 6.04. The summed E-state index contributed by atoms with van der Waals surface area (Å²) >= 11 is 0. The van der Waals surface area contributed by atoms with E-state index < -0.39 is 0 Å². The summed E-state index contributed by atoms with van der Waals surface area (Å²) in [7, 11) is 1.83. The van der Waals surface area contributed by atoms with E-state index in [1.807, 2.05) is 7.05 Å². The lowest BCUT2D eigenvalue weighted by atomic mass is 9.94. The van der Waals surface area contributed by atoms with Gasteiger partial charge in [-0.05, 0) is 12.8 Å². The molecule has 0 aliphatic heterocycles. The molecule has 2 rings (SSSR count). The number of carbonyl (C=O) groups is 1. The van der Waals surface area contributed by atoms with E-state index in [9.17, 15) is 4.79 Å². The molecule has 1 fully saturated rings. The van der Waals surface area contributed by atoms with Crippen molar-refractivity contribution in [2.75, 3.05) is 12.8 Å². The van der Waals surface area contributed by atoms with Crippen LogP contribution in [0.4, 0.5) is 5.82 Å². The third-order valence-electron chi connectivity index (χ3n) is 3.37. The molecule has 0 radical (unpaired) electrons. The van der Waals surface area contributed by atoms with Crippen molar-refractivity contribution in [3.63, 3.8) is 0 Å². The van der Waals surface area contributed by atoms with Crippen LogP contribution in [0.3, 0.4) is 0 Å². The monoisotopic (exact) mass is 234 g/mol. The van der Waals surface area contributed by atoms with Crippen molar-refractivity contribution in [2.24, 2.45) is 0 Å². The lowest BCUT2D eigenvalue weighted by molar-refractivity contribution is 0.0691. The Kier molecular flexibility index (Phi) is 3.56. The molecule has 92 valence electrons. The molecular weight excluding hydrogens is 216 g/mol. The van der Waals surface area contributed by atoms with Gasteiger partial charge in [-0.1, -0.05) is 19.3 Å². The van der Waals surface area contributed by atoms with Gasteiger partial charge < -0.3 is 10.6 Å². The summed E-state index contributed by atoms with van der Waals surface area (Å²) < 4.78 is 0. The maximum atomic E-state index is 12.2. The first-order chi connectivity index (χ1) is 8.20. The predicted octanol–water partition coefficient (Wildman–Crippen LogP) is 1.46. The highest BCUT2D eigenvalue weighted by Crippen LogP contribution is 2.23. The van der Waals surface area contributed by atoms with Crippen LogP contribution in [0.2, 0.25) is 0 Å². The molecule has 1 aliphatic rings. The average Bonchev–Trinajstić information content (AvgIpc) is 2.39. The zero-order chi connectivity index (χ0) is 12.3. The van der Waals surface area contributed by atoms with E-state index in [2.05, 4.69) is 9.97 Å². The van der Waals surface area contributed by atoms with E-state index in [1.165, 1.54) is 31.7 Å². The van der Waals surface area contributed by atoms with Gasteiger partial charge in [0.1, 0.15) is 0 Å². The smallest absolute Gasteiger partial charge is 0.276 e. The van der Waals surface area contributed by atoms with Crippen LogP contribution in [-0.2, 0) is 0 Å². The molecule has 0 aromatic carbocycles. The van der Waals surface area contributed by atoms with Gasteiger partial charge in [0, 0.05) is 25.5 Å². The topological polar surface area (TPSA) is 72.1 Å². The first-order valence-corrected chi connectivity index (χ1v) is 6.04. The minimum Gasteiger partial charge on any atom is -0.382 e. The fourth-order valence-electron chi connectivity index (χ4n) is 2.31. The summed E-state index contributed by atoms with van der Waals surface area (Å²) in [5.41, 5.74) is 5.93. The second-order valence-electron chi connectivity index (χ2n) is 4.50. The third kappa shape index (κ3) is 2.54. The molecule has 0 spiro atoms. The van der Waals surface area contributed by atoms with Crippen LogP contribution in [0.1, 0.15) is 42.6 Å². The van der Waals surface area contributed by atoms with Gasteiger partial charge in [0.25, 0.3) is 5.91 Å². The molecule has 0 atom stereocenters. The first kappa shape index (κ1) is 11.8. The molecule has 1 amide bonds. The Hall–Kier alpha value is -1.65. The Morgan fingerprint density at radius 2 is 1.94 bits per heavy atom. The second-order valence-corrected chi connectivity index (χ2v) is 4.50. The fraction of sp³-hybridized carbons (Fsp3) is 0.583. The maximum Gasteiger partial charge on any atom is 0.276 e. The van der Waals surface area contributed by atoms with Crippen molar-refractivity contribution >= 4 is 11.7 Å². The Balaban J connectivity index is 2.11. The highest BCUT2D eigenvalue weighted by atomic mass is 16.2. The molecule has 17 heavy (non-hydrogen) atoms. The number of nitrogens with two attached hydrogens (primary N) is 1. The van der Waals surface area contributed by atoms with Gasteiger partial charge >= 0.3 is 0 Å². The Bertz CT molecular complexity index is 401. The maximum absolute atomic E-state index is 12.2. The van der Waals surface area contributed by atoms with Gasteiger partial charge in [0.2, 0.25) is 0 Å². The van der Waals surface area contributed by atoms with E-state index in [-0.39, 0.29) is 17.4 Å². The molecule has 1 aliphatic carbocycles. The summed E-state index contributed by atoms with van der Waals surface area (Å²) in [6.07, 6.45) is 8.79. The number of hydrogen-bond donors (Lipinski definition) is 1. The van der Waals surface area contributed by atoms with E-state index >= 15 is 0 Å². The van der Waals surface area contributed by atoms with E-state index in [4.69, 9.17) is 5.73 Å². The summed E-state index contributed by atoms with van der Waals surface area (Å²) in [6.45, 7) is 0. The fourth-order valence-corrected chi connectivity index (χ4v) is 2.31. The predicted molar refractivity (Wildman–Crippen MR) is 65.4 cm³/mol. The SMILES string of the molecule is CN(C(=O)c1nccnc1N)C1CCCCC1. The van der Waals surface area contributed by atoms with Crippen molar-refractivity contribution in [1.29, 1.82) is 0 Å². The van der Waals surface area contributed by atoms with Crippen LogP contribution in [0.15, 0.2) is 12.4 Å². The summed E-state index contributed by atoms with van der Waals surface area (Å²) in [5.74, 6) is 0.0858. The molecule has 5 nitrogen and oxygen atoms in total. The third-order valence-corrected chi connectivity index (χ3v) is 3.37. The highest BCUT2D eigenvalue weighted by molar-refractivity contribution is 5.96. The second kappa shape index (κ2) is 5.12. The van der Waals surface area contributed by atoms with Gasteiger partial charge in [-0.25, -0.2) is 9.97 Å². The zero-order valence-corrected chi connectivity index (χ0v) is 10.1. The standard InChI is InChI=1S/C12H18N4O/c1-16(9-5-3-2-4-6-9)12(17)10-11(13)15-8-7-14-10/h7-9H,2-6H2,1H3,(H2,13,15). The van der Waals surface area contributed by atoms with Crippen molar-refractivity contribution in [3.05, 3.63) is 18.1 Å². The van der Waals surface area contributed by atoms with Crippen molar-refractivity contribution in [2.45, 2.75) is 38.1 Å². The molecule has 0 bridgehead atoms. The van der Waals surface area contributed by atoms with Gasteiger partial charge in [-0.2, -0.15) is 0 Å². The Morgan fingerprint density at radius 3 is 2.59 bits per heavy atom. The largest absolute Gasteiger partial charge is 0.382 e. The highest BCUT2D eigenvalue weighted by Gasteiger charge is 2.25. The molecule has 1 heterocycles. The van der Waals surface area contributed by atoms with Gasteiger partial charge in [0.05, 0.1) is 0 Å². The van der Waals surface area contributed by atoms with E-state index in [1.54, 1.807) is 4.90 Å². The van der Waals surface area contributed by atoms with Crippen LogP contribution in [0.5, 0.6) is 0 Å². The molecule has 0 unspecified atom stereocenters. The van der Waals surface area contributed by atoms with Gasteiger partial charge in [-0.15, -0.1) is 0 Å². The number of amides is 1. The molecule has 2 N–H and O–H groups in total. The molecule has 0 saturated heterocycles. The molecule has 1 aromatic rings. The van der Waals surface area contributed by atoms with Crippen molar-refractivity contribution in [1.82, 2.24) is 14.9 Å². The number of nitrogens with zero attached hydrogens (tertiary/aromatic N) is 3. The minimum absolute atomic E-state index is 0.123. The van der Waals surface area contributed by atoms with Crippen LogP contribution in [0, 0.1) is 0 Å². The lowest BCUT2D eigenvalue weighted by Crippen LogP contribution is -2.39. The number of anilines is 1. The lowest BCUT2D eigenvalue weighted by Gasteiger charge is -2.31. The molecule has 1 saturated carbocycles. The van der Waals surface area contributed by atoms with Crippen molar-refractivity contribution < 1.29 is 4.79 Å². The minimum atomic E-state index is -0.123. The van der Waals surface area contributed by atoms with Crippen LogP contribution in [-0.4, -0.2) is 33.9 Å². The summed E-state index contributed by atoms with van der Waals surface area (Å²) in [4.78, 5) is 21.9. The van der Waals surface area contributed by atoms with E-state index in [0.29, 0.717) is 6.04 Å². The number of aromatic nitrogens is 2. The molecular formula is C12H18N4O. The number of carbonyl (C=O) groups excluding carboxylic acids is 1. The molecule has 1 aromatic heterocycles. The average molecular weight is 234 g/mol. The number of nitrogen functional groups attached to an aromatic ring is 1. The number of hydrogen-bond acceptors (Lipinski definition) is 4.